The van der Waals surface area contributed by atoms with E-state index in [1.54, 1.807) is 19.9 Å². The first-order valence-corrected chi connectivity index (χ1v) is 8.66. The Morgan fingerprint density at radius 1 is 1.21 bits per heavy atom. The zero-order chi connectivity index (χ0) is 17.7. The standard InChI is InChI=1S/C17H17NO5S/c1-3-17(19)22-14-7-12(2)8-15(10-14)23-24(20,21)16-6-4-5-13(9-16)11-18/h4-10,17,19H,3H2,1-2H3. The summed E-state index contributed by atoms with van der Waals surface area (Å²) in [6.45, 7) is 3.51. The maximum absolute atomic E-state index is 12.3. The van der Waals surface area contributed by atoms with Gasteiger partial charge in [0.2, 0.25) is 0 Å². The molecule has 1 unspecified atom stereocenters. The first-order valence-electron chi connectivity index (χ1n) is 7.25. The normalized spacial score (nSPS) is 12.2. The minimum Gasteiger partial charge on any atom is -0.465 e. The average Bonchev–Trinajstić information content (AvgIpc) is 2.53. The molecule has 0 saturated heterocycles. The van der Waals surface area contributed by atoms with Crippen LogP contribution < -0.4 is 8.92 Å². The van der Waals surface area contributed by atoms with Gasteiger partial charge in [-0.15, -0.1) is 0 Å². The van der Waals surface area contributed by atoms with E-state index in [1.807, 2.05) is 6.07 Å². The molecule has 2 aromatic carbocycles. The van der Waals surface area contributed by atoms with Crippen molar-refractivity contribution in [2.45, 2.75) is 31.5 Å². The average molecular weight is 347 g/mol. The number of nitrogens with zero attached hydrogens (tertiary/aromatic N) is 1. The van der Waals surface area contributed by atoms with E-state index in [4.69, 9.17) is 14.2 Å². The molecule has 2 rings (SSSR count). The van der Waals surface area contributed by atoms with Gasteiger partial charge in [0.15, 0.2) is 6.29 Å². The predicted molar refractivity (Wildman–Crippen MR) is 87.1 cm³/mol. The van der Waals surface area contributed by atoms with Gasteiger partial charge in [-0.3, -0.25) is 0 Å². The topological polar surface area (TPSA) is 96.6 Å². The van der Waals surface area contributed by atoms with Crippen molar-refractivity contribution >= 4 is 10.1 Å². The van der Waals surface area contributed by atoms with Crippen LogP contribution in [0.4, 0.5) is 0 Å². The van der Waals surface area contributed by atoms with Gasteiger partial charge in [0.05, 0.1) is 11.6 Å². The molecule has 0 aliphatic heterocycles. The lowest BCUT2D eigenvalue weighted by molar-refractivity contribution is -0.0192. The lowest BCUT2D eigenvalue weighted by atomic mass is 10.2. The molecule has 0 fully saturated rings. The lowest BCUT2D eigenvalue weighted by Gasteiger charge is -2.14. The highest BCUT2D eigenvalue weighted by molar-refractivity contribution is 7.87. The molecule has 0 heterocycles. The number of hydrogen-bond acceptors (Lipinski definition) is 6. The monoisotopic (exact) mass is 347 g/mol. The van der Waals surface area contributed by atoms with Crippen LogP contribution in [0.25, 0.3) is 0 Å². The van der Waals surface area contributed by atoms with E-state index in [0.29, 0.717) is 17.7 Å². The quantitative estimate of drug-likeness (QED) is 0.637. The number of aliphatic hydroxyl groups is 1. The van der Waals surface area contributed by atoms with E-state index < -0.39 is 16.4 Å². The minimum absolute atomic E-state index is 0.0654. The van der Waals surface area contributed by atoms with Gasteiger partial charge in [0, 0.05) is 12.5 Å². The molecule has 7 heteroatoms. The molecule has 0 aromatic heterocycles. The van der Waals surface area contributed by atoms with Gasteiger partial charge in [-0.2, -0.15) is 13.7 Å². The van der Waals surface area contributed by atoms with E-state index in [2.05, 4.69) is 0 Å². The molecule has 0 bridgehead atoms. The van der Waals surface area contributed by atoms with E-state index in [-0.39, 0.29) is 16.2 Å². The Bertz CT molecular complexity index is 871. The van der Waals surface area contributed by atoms with E-state index in [0.717, 1.165) is 0 Å². The van der Waals surface area contributed by atoms with Crippen LogP contribution in [-0.2, 0) is 10.1 Å². The summed E-state index contributed by atoms with van der Waals surface area (Å²) in [5.74, 6) is 0.371. The van der Waals surface area contributed by atoms with Crippen LogP contribution >= 0.6 is 0 Å². The van der Waals surface area contributed by atoms with Gasteiger partial charge in [0.1, 0.15) is 16.4 Å². The van der Waals surface area contributed by atoms with Gasteiger partial charge >= 0.3 is 10.1 Å². The number of aryl methyl sites for hydroxylation is 1. The fourth-order valence-corrected chi connectivity index (χ4v) is 2.93. The summed E-state index contributed by atoms with van der Waals surface area (Å²) in [6.07, 6.45) is -0.591. The third-order valence-electron chi connectivity index (χ3n) is 3.10. The number of ether oxygens (including phenoxy) is 1. The van der Waals surface area contributed by atoms with Crippen LogP contribution in [0.1, 0.15) is 24.5 Å². The van der Waals surface area contributed by atoms with Crippen LogP contribution in [-0.4, -0.2) is 19.8 Å². The highest BCUT2D eigenvalue weighted by Crippen LogP contribution is 2.26. The number of rotatable bonds is 6. The van der Waals surface area contributed by atoms with Crippen LogP contribution in [0.5, 0.6) is 11.5 Å². The molecular weight excluding hydrogens is 330 g/mol. The molecule has 0 spiro atoms. The van der Waals surface area contributed by atoms with Gasteiger partial charge in [-0.1, -0.05) is 13.0 Å². The zero-order valence-electron chi connectivity index (χ0n) is 13.3. The smallest absolute Gasteiger partial charge is 0.339 e. The summed E-state index contributed by atoms with van der Waals surface area (Å²) >= 11 is 0. The number of benzene rings is 2. The summed E-state index contributed by atoms with van der Waals surface area (Å²) in [6, 6.07) is 12.0. The first-order chi connectivity index (χ1) is 11.3. The highest BCUT2D eigenvalue weighted by atomic mass is 32.2. The number of nitriles is 1. The summed E-state index contributed by atoms with van der Waals surface area (Å²) in [5.41, 5.74) is 0.936. The number of aliphatic hydroxyl groups excluding tert-OH is 1. The van der Waals surface area contributed by atoms with E-state index in [9.17, 15) is 13.5 Å². The molecule has 126 valence electrons. The molecule has 0 amide bonds. The first kappa shape index (κ1) is 17.8. The fraction of sp³-hybridized carbons (Fsp3) is 0.235. The fourth-order valence-electron chi connectivity index (χ4n) is 1.97. The summed E-state index contributed by atoms with van der Waals surface area (Å²) in [4.78, 5) is -0.112. The molecule has 1 atom stereocenters. The third kappa shape index (κ3) is 4.47. The Morgan fingerprint density at radius 2 is 1.92 bits per heavy atom. The van der Waals surface area contributed by atoms with Crippen molar-refractivity contribution in [2.75, 3.05) is 0 Å². The Kier molecular flexibility index (Phi) is 5.44. The molecule has 0 radical (unpaired) electrons. The van der Waals surface area contributed by atoms with Crippen LogP contribution in [0.2, 0.25) is 0 Å². The SMILES string of the molecule is CCC(O)Oc1cc(C)cc(OS(=O)(=O)c2cccc(C#N)c2)c1. The van der Waals surface area contributed by atoms with Crippen molar-refractivity contribution in [2.24, 2.45) is 0 Å². The second-order valence-electron chi connectivity index (χ2n) is 5.14. The van der Waals surface area contributed by atoms with Crippen molar-refractivity contribution < 1.29 is 22.4 Å². The van der Waals surface area contributed by atoms with Crippen molar-refractivity contribution in [3.63, 3.8) is 0 Å². The molecular formula is C17H17NO5S. The van der Waals surface area contributed by atoms with E-state index in [1.165, 1.54) is 36.4 Å². The van der Waals surface area contributed by atoms with Crippen molar-refractivity contribution in [1.82, 2.24) is 0 Å². The maximum atomic E-state index is 12.3. The van der Waals surface area contributed by atoms with Gasteiger partial charge < -0.3 is 14.0 Å². The zero-order valence-corrected chi connectivity index (χ0v) is 14.1. The Hall–Kier alpha value is -2.56. The van der Waals surface area contributed by atoms with Gasteiger partial charge in [0.25, 0.3) is 0 Å². The summed E-state index contributed by atoms with van der Waals surface area (Å²) < 4.78 is 35.1. The molecule has 2 aromatic rings. The molecule has 0 saturated carbocycles. The largest absolute Gasteiger partial charge is 0.465 e. The summed E-state index contributed by atoms with van der Waals surface area (Å²) in [7, 11) is -4.08. The van der Waals surface area contributed by atoms with Crippen molar-refractivity contribution in [3.05, 3.63) is 53.6 Å². The Labute approximate surface area is 141 Å². The molecule has 0 aliphatic carbocycles. The minimum atomic E-state index is -4.08. The van der Waals surface area contributed by atoms with Crippen molar-refractivity contribution in [3.8, 4) is 17.6 Å². The lowest BCUT2D eigenvalue weighted by Crippen LogP contribution is -2.14. The second kappa shape index (κ2) is 7.34. The Morgan fingerprint density at radius 3 is 2.58 bits per heavy atom. The third-order valence-corrected chi connectivity index (χ3v) is 4.35. The molecule has 1 N–H and O–H groups in total. The number of hydrogen-bond donors (Lipinski definition) is 1. The predicted octanol–water partition coefficient (Wildman–Crippen LogP) is 2.74. The second-order valence-corrected chi connectivity index (χ2v) is 6.69. The van der Waals surface area contributed by atoms with Crippen LogP contribution in [0, 0.1) is 18.3 Å². The van der Waals surface area contributed by atoms with Crippen LogP contribution in [0.3, 0.4) is 0 Å². The highest BCUT2D eigenvalue weighted by Gasteiger charge is 2.18. The van der Waals surface area contributed by atoms with Gasteiger partial charge in [-0.25, -0.2) is 0 Å². The van der Waals surface area contributed by atoms with Gasteiger partial charge in [-0.05, 0) is 42.8 Å². The Balaban J connectivity index is 2.30. The van der Waals surface area contributed by atoms with Crippen molar-refractivity contribution in [1.29, 1.82) is 5.26 Å². The molecule has 6 nitrogen and oxygen atoms in total. The molecule has 0 aliphatic rings. The van der Waals surface area contributed by atoms with E-state index >= 15 is 0 Å². The molecule has 24 heavy (non-hydrogen) atoms. The maximum Gasteiger partial charge on any atom is 0.339 e. The summed E-state index contributed by atoms with van der Waals surface area (Å²) in [5, 5.41) is 18.4. The van der Waals surface area contributed by atoms with Crippen LogP contribution in [0.15, 0.2) is 47.4 Å².